The summed E-state index contributed by atoms with van der Waals surface area (Å²) in [4.78, 5) is 28.0. The fraction of sp³-hybridized carbons (Fsp3) is 0.269. The predicted octanol–water partition coefficient (Wildman–Crippen LogP) is 5.11. The summed E-state index contributed by atoms with van der Waals surface area (Å²) in [5, 5.41) is 5.57. The topological polar surface area (TPSA) is 89.6 Å². The Hall–Kier alpha value is -3.87. The molecule has 1 unspecified atom stereocenters. The molecule has 1 aliphatic rings. The number of anilines is 1. The molecule has 2 aromatic carbocycles. The summed E-state index contributed by atoms with van der Waals surface area (Å²) in [6.07, 6.45) is 4.13. The second-order valence-electron chi connectivity index (χ2n) is 8.21. The van der Waals surface area contributed by atoms with E-state index in [0.717, 1.165) is 17.9 Å². The Labute approximate surface area is 193 Å². The summed E-state index contributed by atoms with van der Waals surface area (Å²) in [6, 6.07) is 17.8. The average Bonchev–Trinajstić information content (AvgIpc) is 3.63. The van der Waals surface area contributed by atoms with E-state index in [4.69, 9.17) is 9.47 Å². The van der Waals surface area contributed by atoms with Crippen LogP contribution in [0.1, 0.15) is 48.7 Å². The third kappa shape index (κ3) is 6.55. The summed E-state index contributed by atoms with van der Waals surface area (Å²) in [6.45, 7) is 4.09. The zero-order valence-electron chi connectivity index (χ0n) is 18.7. The highest BCUT2D eigenvalue weighted by Gasteiger charge is 2.21. The van der Waals surface area contributed by atoms with Gasteiger partial charge in [-0.1, -0.05) is 12.1 Å². The van der Waals surface area contributed by atoms with Crippen molar-refractivity contribution in [1.82, 2.24) is 10.3 Å². The maximum absolute atomic E-state index is 12.6. The number of hydrogen-bond donors (Lipinski definition) is 2. The molecule has 1 aliphatic carbocycles. The minimum Gasteiger partial charge on any atom is -0.493 e. The Balaban J connectivity index is 1.32. The van der Waals surface area contributed by atoms with Gasteiger partial charge in [-0.15, -0.1) is 0 Å². The molecule has 2 N–H and O–H groups in total. The second kappa shape index (κ2) is 10.2. The molecule has 1 fully saturated rings. The van der Waals surface area contributed by atoms with Gasteiger partial charge >= 0.3 is 0 Å². The Morgan fingerprint density at radius 2 is 1.79 bits per heavy atom. The van der Waals surface area contributed by atoms with Gasteiger partial charge in [-0.2, -0.15) is 0 Å². The van der Waals surface area contributed by atoms with Gasteiger partial charge in [-0.3, -0.25) is 9.59 Å². The van der Waals surface area contributed by atoms with Crippen molar-refractivity contribution in [2.75, 3.05) is 11.9 Å². The van der Waals surface area contributed by atoms with Crippen molar-refractivity contribution in [1.29, 1.82) is 0 Å². The molecule has 1 atom stereocenters. The van der Waals surface area contributed by atoms with E-state index in [0.29, 0.717) is 28.8 Å². The highest BCUT2D eigenvalue weighted by atomic mass is 16.5. The van der Waals surface area contributed by atoms with Gasteiger partial charge in [-0.05, 0) is 73.7 Å². The van der Waals surface area contributed by atoms with Gasteiger partial charge in [0.2, 0.25) is 5.91 Å². The van der Waals surface area contributed by atoms with Crippen LogP contribution in [0.2, 0.25) is 0 Å². The molecule has 1 heterocycles. The van der Waals surface area contributed by atoms with Gasteiger partial charge in [0.1, 0.15) is 23.1 Å². The summed E-state index contributed by atoms with van der Waals surface area (Å²) in [5.74, 6) is 2.84. The lowest BCUT2D eigenvalue weighted by atomic mass is 10.1. The molecular formula is C26H27N3O4. The van der Waals surface area contributed by atoms with Crippen LogP contribution in [0.3, 0.4) is 0 Å². The second-order valence-corrected chi connectivity index (χ2v) is 8.21. The zero-order chi connectivity index (χ0) is 23.2. The molecule has 2 amide bonds. The first-order chi connectivity index (χ1) is 16.0. The van der Waals surface area contributed by atoms with Gasteiger partial charge in [0, 0.05) is 24.8 Å². The molecule has 0 spiro atoms. The third-order valence-corrected chi connectivity index (χ3v) is 5.29. The molecule has 0 radical (unpaired) electrons. The molecule has 4 rings (SSSR count). The monoisotopic (exact) mass is 445 g/mol. The zero-order valence-corrected chi connectivity index (χ0v) is 18.7. The number of amides is 2. The van der Waals surface area contributed by atoms with E-state index in [1.165, 1.54) is 19.8 Å². The summed E-state index contributed by atoms with van der Waals surface area (Å²) in [7, 11) is 0. The van der Waals surface area contributed by atoms with E-state index in [9.17, 15) is 9.59 Å². The molecule has 0 saturated heterocycles. The lowest BCUT2D eigenvalue weighted by Gasteiger charge is -2.13. The normalized spacial score (nSPS) is 13.6. The standard InChI is InChI=1S/C26H27N3O4/c1-17(28-18(2)30)21-10-13-25(27-15-21)29-26(31)20-8-11-22(12-9-20)33-24-5-3-4-23(14-24)32-16-19-6-7-19/h3-5,8-15,17,19H,6-7,16H2,1-2H3,(H,28,30)(H,27,29,31). The van der Waals surface area contributed by atoms with Crippen LogP contribution in [-0.4, -0.2) is 23.4 Å². The van der Waals surface area contributed by atoms with Gasteiger partial charge < -0.3 is 20.1 Å². The van der Waals surface area contributed by atoms with Crippen molar-refractivity contribution in [3.8, 4) is 17.2 Å². The maximum atomic E-state index is 12.6. The molecular weight excluding hydrogens is 418 g/mol. The molecule has 7 nitrogen and oxygen atoms in total. The number of carbonyl (C=O) groups excluding carboxylic acids is 2. The number of aromatic nitrogens is 1. The van der Waals surface area contributed by atoms with E-state index in [1.807, 2.05) is 37.3 Å². The first kappa shape index (κ1) is 22.3. The van der Waals surface area contributed by atoms with Crippen LogP contribution < -0.4 is 20.1 Å². The summed E-state index contributed by atoms with van der Waals surface area (Å²) >= 11 is 0. The smallest absolute Gasteiger partial charge is 0.256 e. The van der Waals surface area contributed by atoms with Crippen molar-refractivity contribution in [3.63, 3.8) is 0 Å². The molecule has 1 saturated carbocycles. The van der Waals surface area contributed by atoms with Gasteiger partial charge in [0.05, 0.1) is 12.6 Å². The number of nitrogens with zero attached hydrogens (tertiary/aromatic N) is 1. The summed E-state index contributed by atoms with van der Waals surface area (Å²) in [5.41, 5.74) is 1.34. The van der Waals surface area contributed by atoms with Crippen molar-refractivity contribution < 1.29 is 19.1 Å². The quantitative estimate of drug-likeness (QED) is 0.478. The van der Waals surface area contributed by atoms with Crippen LogP contribution >= 0.6 is 0 Å². The van der Waals surface area contributed by atoms with Crippen LogP contribution in [0, 0.1) is 5.92 Å². The van der Waals surface area contributed by atoms with Crippen LogP contribution in [0.15, 0.2) is 66.9 Å². The molecule has 0 bridgehead atoms. The Morgan fingerprint density at radius 1 is 1.03 bits per heavy atom. The van der Waals surface area contributed by atoms with E-state index in [1.54, 1.807) is 36.5 Å². The Bertz CT molecular complexity index is 1110. The number of carbonyl (C=O) groups is 2. The molecule has 3 aromatic rings. The van der Waals surface area contributed by atoms with E-state index in [-0.39, 0.29) is 17.9 Å². The van der Waals surface area contributed by atoms with Gasteiger partial charge in [-0.25, -0.2) is 4.98 Å². The highest BCUT2D eigenvalue weighted by Crippen LogP contribution is 2.31. The van der Waals surface area contributed by atoms with Crippen LogP contribution in [0.25, 0.3) is 0 Å². The molecule has 7 heteroatoms. The molecule has 0 aliphatic heterocycles. The molecule has 33 heavy (non-hydrogen) atoms. The Kier molecular flexibility index (Phi) is 6.88. The number of rotatable bonds is 9. The van der Waals surface area contributed by atoms with E-state index >= 15 is 0 Å². The number of ether oxygens (including phenoxy) is 2. The average molecular weight is 446 g/mol. The van der Waals surface area contributed by atoms with Crippen LogP contribution in [0.5, 0.6) is 17.2 Å². The number of hydrogen-bond acceptors (Lipinski definition) is 5. The fourth-order valence-corrected chi connectivity index (χ4v) is 3.25. The minimum absolute atomic E-state index is 0.109. The SMILES string of the molecule is CC(=O)NC(C)c1ccc(NC(=O)c2ccc(Oc3cccc(OCC4CC4)c3)cc2)nc1. The van der Waals surface area contributed by atoms with Gasteiger partial charge in [0.25, 0.3) is 5.91 Å². The third-order valence-electron chi connectivity index (χ3n) is 5.29. The first-order valence-corrected chi connectivity index (χ1v) is 11.0. The largest absolute Gasteiger partial charge is 0.493 e. The van der Waals surface area contributed by atoms with Gasteiger partial charge in [0.15, 0.2) is 0 Å². The van der Waals surface area contributed by atoms with Crippen molar-refractivity contribution in [2.24, 2.45) is 5.92 Å². The first-order valence-electron chi connectivity index (χ1n) is 11.0. The van der Waals surface area contributed by atoms with Crippen molar-refractivity contribution in [3.05, 3.63) is 78.0 Å². The minimum atomic E-state index is -0.271. The summed E-state index contributed by atoms with van der Waals surface area (Å²) < 4.78 is 11.7. The lowest BCUT2D eigenvalue weighted by Crippen LogP contribution is -2.23. The van der Waals surface area contributed by atoms with E-state index < -0.39 is 0 Å². The highest BCUT2D eigenvalue weighted by molar-refractivity contribution is 6.03. The van der Waals surface area contributed by atoms with Crippen molar-refractivity contribution in [2.45, 2.75) is 32.7 Å². The molecule has 1 aromatic heterocycles. The van der Waals surface area contributed by atoms with E-state index in [2.05, 4.69) is 15.6 Å². The predicted molar refractivity (Wildman–Crippen MR) is 126 cm³/mol. The number of nitrogens with one attached hydrogen (secondary N) is 2. The number of pyridine rings is 1. The van der Waals surface area contributed by atoms with Crippen LogP contribution in [0.4, 0.5) is 5.82 Å². The maximum Gasteiger partial charge on any atom is 0.256 e. The van der Waals surface area contributed by atoms with Crippen molar-refractivity contribution >= 4 is 17.6 Å². The number of benzene rings is 2. The van der Waals surface area contributed by atoms with Crippen LogP contribution in [-0.2, 0) is 4.79 Å². The lowest BCUT2D eigenvalue weighted by molar-refractivity contribution is -0.119. The Morgan fingerprint density at radius 3 is 2.45 bits per heavy atom. The fourth-order valence-electron chi connectivity index (χ4n) is 3.25. The molecule has 170 valence electrons.